The minimum atomic E-state index is 0.00932. The molecule has 2 aromatic rings. The van der Waals surface area contributed by atoms with E-state index in [4.69, 9.17) is 9.97 Å². The molecule has 0 unspecified atom stereocenters. The van der Waals surface area contributed by atoms with Gasteiger partial charge in [-0.15, -0.1) is 0 Å². The van der Waals surface area contributed by atoms with Gasteiger partial charge >= 0.3 is 0 Å². The lowest BCUT2D eigenvalue weighted by molar-refractivity contribution is 0.0910. The van der Waals surface area contributed by atoms with Crippen LogP contribution in [-0.4, -0.2) is 21.9 Å². The summed E-state index contributed by atoms with van der Waals surface area (Å²) in [5.41, 5.74) is 4.45. The Bertz CT molecular complexity index is 741. The molecule has 1 heterocycles. The molecule has 0 bridgehead atoms. The van der Waals surface area contributed by atoms with Crippen molar-refractivity contribution in [2.45, 2.75) is 65.3 Å². The number of hydrogen-bond acceptors (Lipinski definition) is 3. The first kappa shape index (κ1) is 16.9. The van der Waals surface area contributed by atoms with Crippen LogP contribution in [0.25, 0.3) is 11.0 Å². The average Bonchev–Trinajstić information content (AvgIpc) is 2.61. The Balaban J connectivity index is 1.85. The number of nitrogens with zero attached hydrogens (tertiary/aromatic N) is 2. The molecule has 1 aliphatic rings. The van der Waals surface area contributed by atoms with Crippen LogP contribution in [0.3, 0.4) is 0 Å². The summed E-state index contributed by atoms with van der Waals surface area (Å²) in [7, 11) is 0. The minimum Gasteiger partial charge on any atom is -0.349 e. The van der Waals surface area contributed by atoms with Crippen molar-refractivity contribution in [3.05, 3.63) is 35.2 Å². The molecule has 1 N–H and O–H groups in total. The summed E-state index contributed by atoms with van der Waals surface area (Å²) in [5.74, 6) is 0.567. The van der Waals surface area contributed by atoms with Gasteiger partial charge in [0.15, 0.2) is 0 Å². The van der Waals surface area contributed by atoms with Crippen LogP contribution in [-0.2, 0) is 12.8 Å². The number of nitrogens with one attached hydrogen (secondary N) is 1. The van der Waals surface area contributed by atoms with Crippen molar-refractivity contribution in [3.63, 3.8) is 0 Å². The van der Waals surface area contributed by atoms with Crippen molar-refractivity contribution in [1.82, 2.24) is 15.3 Å². The van der Waals surface area contributed by atoms with E-state index in [9.17, 15) is 4.79 Å². The van der Waals surface area contributed by atoms with Crippen LogP contribution in [0, 0.1) is 5.92 Å². The van der Waals surface area contributed by atoms with Crippen LogP contribution in [0.15, 0.2) is 18.2 Å². The van der Waals surface area contributed by atoms with E-state index in [1.165, 1.54) is 19.3 Å². The number of amides is 1. The Morgan fingerprint density at radius 2 is 1.75 bits per heavy atom. The largest absolute Gasteiger partial charge is 0.349 e. The third-order valence-corrected chi connectivity index (χ3v) is 5.18. The Morgan fingerprint density at radius 3 is 2.42 bits per heavy atom. The number of aromatic nitrogens is 2. The summed E-state index contributed by atoms with van der Waals surface area (Å²) in [6.07, 6.45) is 6.51. The molecule has 0 saturated heterocycles. The summed E-state index contributed by atoms with van der Waals surface area (Å²) in [6, 6.07) is 5.95. The number of aryl methyl sites for hydroxylation is 2. The van der Waals surface area contributed by atoms with Gasteiger partial charge < -0.3 is 5.32 Å². The maximum atomic E-state index is 12.6. The number of carbonyl (C=O) groups excluding carboxylic acids is 1. The number of rotatable bonds is 4. The third kappa shape index (κ3) is 3.42. The fourth-order valence-electron chi connectivity index (χ4n) is 3.62. The van der Waals surface area contributed by atoms with Crippen molar-refractivity contribution in [2.24, 2.45) is 5.92 Å². The van der Waals surface area contributed by atoms with Gasteiger partial charge in [-0.05, 0) is 49.8 Å². The zero-order valence-corrected chi connectivity index (χ0v) is 14.9. The van der Waals surface area contributed by atoms with Gasteiger partial charge in [0.2, 0.25) is 0 Å². The van der Waals surface area contributed by atoms with Gasteiger partial charge in [-0.2, -0.15) is 0 Å². The Kier molecular flexibility index (Phi) is 5.12. The predicted molar refractivity (Wildman–Crippen MR) is 97.2 cm³/mol. The van der Waals surface area contributed by atoms with E-state index in [-0.39, 0.29) is 5.91 Å². The second-order valence-corrected chi connectivity index (χ2v) is 6.87. The number of benzene rings is 1. The van der Waals surface area contributed by atoms with E-state index >= 15 is 0 Å². The zero-order chi connectivity index (χ0) is 17.1. The molecule has 2 atom stereocenters. The van der Waals surface area contributed by atoms with Gasteiger partial charge in [0, 0.05) is 11.6 Å². The summed E-state index contributed by atoms with van der Waals surface area (Å²) in [5, 5.41) is 3.21. The topological polar surface area (TPSA) is 54.9 Å². The molecule has 0 aliphatic heterocycles. The number of carbonyl (C=O) groups is 1. The first-order valence-corrected chi connectivity index (χ1v) is 9.22. The lowest BCUT2D eigenvalue weighted by Gasteiger charge is -2.29. The fourth-order valence-corrected chi connectivity index (χ4v) is 3.62. The Hall–Kier alpha value is -1.97. The fraction of sp³-hybridized carbons (Fsp3) is 0.550. The second-order valence-electron chi connectivity index (χ2n) is 6.87. The molecule has 4 heteroatoms. The predicted octanol–water partition coefficient (Wildman–Crippen LogP) is 4.06. The molecule has 3 rings (SSSR count). The third-order valence-electron chi connectivity index (χ3n) is 5.18. The summed E-state index contributed by atoms with van der Waals surface area (Å²) in [4.78, 5) is 22.0. The standard InChI is InChI=1S/C20H27N3O/c1-4-15-16(5-2)22-19-12-14(10-11-18(19)21-15)20(24)23-17-9-7-6-8-13(17)3/h10-13,17H,4-9H2,1-3H3,(H,23,24)/t13-,17+/m1/s1. The van der Waals surface area contributed by atoms with Crippen LogP contribution in [0.5, 0.6) is 0 Å². The van der Waals surface area contributed by atoms with E-state index in [0.29, 0.717) is 17.5 Å². The monoisotopic (exact) mass is 325 g/mol. The summed E-state index contributed by atoms with van der Waals surface area (Å²) < 4.78 is 0. The van der Waals surface area contributed by atoms with E-state index in [1.54, 1.807) is 0 Å². The molecule has 4 nitrogen and oxygen atoms in total. The van der Waals surface area contributed by atoms with Crippen LogP contribution in [0.1, 0.15) is 68.2 Å². The molecule has 24 heavy (non-hydrogen) atoms. The zero-order valence-electron chi connectivity index (χ0n) is 14.9. The maximum Gasteiger partial charge on any atom is 0.251 e. The average molecular weight is 325 g/mol. The van der Waals surface area contributed by atoms with Crippen molar-refractivity contribution in [2.75, 3.05) is 0 Å². The van der Waals surface area contributed by atoms with Crippen LogP contribution >= 0.6 is 0 Å². The van der Waals surface area contributed by atoms with E-state index in [0.717, 1.165) is 41.7 Å². The SMILES string of the molecule is CCc1nc2ccc(C(=O)N[C@H]3CCCC[C@H]3C)cc2nc1CC. The van der Waals surface area contributed by atoms with E-state index < -0.39 is 0 Å². The molecular weight excluding hydrogens is 298 g/mol. The van der Waals surface area contributed by atoms with Gasteiger partial charge in [-0.25, -0.2) is 9.97 Å². The summed E-state index contributed by atoms with van der Waals surface area (Å²) >= 11 is 0. The first-order valence-electron chi connectivity index (χ1n) is 9.22. The van der Waals surface area contributed by atoms with Crippen LogP contribution < -0.4 is 5.32 Å². The first-order chi connectivity index (χ1) is 11.6. The Morgan fingerprint density at radius 1 is 1.08 bits per heavy atom. The van der Waals surface area contributed by atoms with Crippen molar-refractivity contribution in [1.29, 1.82) is 0 Å². The molecule has 128 valence electrons. The highest BCUT2D eigenvalue weighted by Gasteiger charge is 2.23. The molecule has 1 amide bonds. The highest BCUT2D eigenvalue weighted by atomic mass is 16.1. The van der Waals surface area contributed by atoms with Crippen molar-refractivity contribution in [3.8, 4) is 0 Å². The molecule has 1 fully saturated rings. The molecular formula is C20H27N3O. The molecule has 1 aliphatic carbocycles. The van der Waals surface area contributed by atoms with E-state index in [2.05, 4.69) is 26.1 Å². The molecule has 0 spiro atoms. The molecule has 1 aromatic carbocycles. The van der Waals surface area contributed by atoms with Gasteiger partial charge in [-0.3, -0.25) is 4.79 Å². The smallest absolute Gasteiger partial charge is 0.251 e. The number of hydrogen-bond donors (Lipinski definition) is 1. The van der Waals surface area contributed by atoms with Crippen LogP contribution in [0.4, 0.5) is 0 Å². The number of fused-ring (bicyclic) bond motifs is 1. The maximum absolute atomic E-state index is 12.6. The second kappa shape index (κ2) is 7.29. The normalized spacial score (nSPS) is 21.0. The summed E-state index contributed by atoms with van der Waals surface area (Å²) in [6.45, 7) is 6.42. The lowest BCUT2D eigenvalue weighted by atomic mass is 9.86. The molecule has 1 saturated carbocycles. The van der Waals surface area contributed by atoms with Crippen molar-refractivity contribution < 1.29 is 4.79 Å². The Labute approximate surface area is 144 Å². The highest BCUT2D eigenvalue weighted by molar-refractivity contribution is 5.97. The van der Waals surface area contributed by atoms with Gasteiger partial charge in [0.1, 0.15) is 0 Å². The minimum absolute atomic E-state index is 0.00932. The highest BCUT2D eigenvalue weighted by Crippen LogP contribution is 2.24. The molecule has 0 radical (unpaired) electrons. The van der Waals surface area contributed by atoms with Crippen LogP contribution in [0.2, 0.25) is 0 Å². The van der Waals surface area contributed by atoms with Crippen molar-refractivity contribution >= 4 is 16.9 Å². The van der Waals surface area contributed by atoms with Gasteiger partial charge in [0.25, 0.3) is 5.91 Å². The van der Waals surface area contributed by atoms with Gasteiger partial charge in [-0.1, -0.05) is 33.6 Å². The quantitative estimate of drug-likeness (QED) is 0.922. The molecule has 1 aromatic heterocycles. The lowest BCUT2D eigenvalue weighted by Crippen LogP contribution is -2.41. The van der Waals surface area contributed by atoms with E-state index in [1.807, 2.05) is 18.2 Å². The van der Waals surface area contributed by atoms with Gasteiger partial charge in [0.05, 0.1) is 22.4 Å².